The fourth-order valence-corrected chi connectivity index (χ4v) is 3.45. The van der Waals surface area contributed by atoms with E-state index in [1.807, 2.05) is 48.5 Å². The molecule has 2 heterocycles. The Labute approximate surface area is 164 Å². The topological polar surface area (TPSA) is 77.0 Å². The number of likely N-dealkylation sites (tertiary alicyclic amines) is 1. The van der Waals surface area contributed by atoms with Gasteiger partial charge in [0.1, 0.15) is 0 Å². The number of carbonyl (C=O) groups excluding carboxylic acids is 1. The number of benzene rings is 2. The summed E-state index contributed by atoms with van der Waals surface area (Å²) in [7, 11) is 0. The van der Waals surface area contributed by atoms with Gasteiger partial charge in [0.2, 0.25) is 0 Å². The second kappa shape index (κ2) is 8.33. The highest BCUT2D eigenvalue weighted by Crippen LogP contribution is 2.27. The molecule has 140 valence electrons. The Hall–Kier alpha value is -2.70. The minimum Gasteiger partial charge on any atom is -0.335 e. The van der Waals surface area contributed by atoms with Crippen molar-refractivity contribution in [3.05, 3.63) is 83.7 Å². The lowest BCUT2D eigenvalue weighted by molar-refractivity contribution is 0.0783. The van der Waals surface area contributed by atoms with E-state index < -0.39 is 0 Å². The van der Waals surface area contributed by atoms with Crippen LogP contribution in [0.25, 0.3) is 0 Å². The second-order valence-corrected chi connectivity index (χ2v) is 6.68. The van der Waals surface area contributed by atoms with Crippen LogP contribution in [0, 0.1) is 0 Å². The van der Waals surface area contributed by atoms with Crippen molar-refractivity contribution in [1.82, 2.24) is 19.9 Å². The summed E-state index contributed by atoms with van der Waals surface area (Å²) in [4.78, 5) is 14.6. The number of carbonyl (C=O) groups is 1. The third kappa shape index (κ3) is 4.18. The van der Waals surface area contributed by atoms with Crippen molar-refractivity contribution in [2.45, 2.75) is 18.5 Å². The predicted molar refractivity (Wildman–Crippen MR) is 106 cm³/mol. The van der Waals surface area contributed by atoms with Crippen molar-refractivity contribution in [3.63, 3.8) is 0 Å². The quantitative estimate of drug-likeness (QED) is 0.750. The van der Waals surface area contributed by atoms with Crippen LogP contribution in [0.15, 0.2) is 66.9 Å². The van der Waals surface area contributed by atoms with E-state index >= 15 is 0 Å². The summed E-state index contributed by atoms with van der Waals surface area (Å²) in [5, 5.41) is 8.15. The molecule has 7 heteroatoms. The first-order valence-corrected chi connectivity index (χ1v) is 8.74. The van der Waals surface area contributed by atoms with Crippen LogP contribution in [0.1, 0.15) is 27.5 Å². The zero-order valence-electron chi connectivity index (χ0n) is 14.8. The van der Waals surface area contributed by atoms with Gasteiger partial charge in [-0.15, -0.1) is 17.5 Å². The molecule has 0 saturated carbocycles. The van der Waals surface area contributed by atoms with Gasteiger partial charge in [-0.1, -0.05) is 65.9 Å². The van der Waals surface area contributed by atoms with E-state index in [0.29, 0.717) is 25.3 Å². The van der Waals surface area contributed by atoms with E-state index in [1.54, 1.807) is 15.8 Å². The number of nitrogens with two attached hydrogens (primary N) is 1. The first-order valence-electron chi connectivity index (χ1n) is 8.74. The van der Waals surface area contributed by atoms with Crippen LogP contribution in [0.4, 0.5) is 0 Å². The molecule has 0 aliphatic carbocycles. The normalized spacial score (nSPS) is 18.9. The average molecular weight is 384 g/mol. The molecule has 3 aromatic rings. The molecule has 1 amide bonds. The maximum Gasteiger partial charge on any atom is 0.276 e. The Morgan fingerprint density at radius 3 is 2.41 bits per heavy atom. The molecular weight excluding hydrogens is 362 g/mol. The molecule has 1 fully saturated rings. The summed E-state index contributed by atoms with van der Waals surface area (Å²) in [6.45, 7) is 1.73. The number of amides is 1. The van der Waals surface area contributed by atoms with Crippen LogP contribution in [-0.4, -0.2) is 44.9 Å². The Balaban J connectivity index is 0.00000210. The van der Waals surface area contributed by atoms with E-state index in [-0.39, 0.29) is 30.3 Å². The zero-order valence-corrected chi connectivity index (χ0v) is 15.6. The standard InChI is InChI=1S/C20H21N5O.ClH/c21-18-13-24(12-17(18)16-9-5-2-6-10-16)20(26)19-14-25(23-22-19)11-15-7-3-1-4-8-15;/h1-10,14,17-18H,11-13,21H2;1H/t17-,18+;/m0./s1. The molecule has 2 N–H and O–H groups in total. The number of rotatable bonds is 4. The van der Waals surface area contributed by atoms with E-state index in [2.05, 4.69) is 22.4 Å². The third-order valence-electron chi connectivity index (χ3n) is 4.83. The van der Waals surface area contributed by atoms with Crippen LogP contribution in [-0.2, 0) is 6.54 Å². The first kappa shape index (κ1) is 19.1. The van der Waals surface area contributed by atoms with Crippen molar-refractivity contribution >= 4 is 18.3 Å². The second-order valence-electron chi connectivity index (χ2n) is 6.68. The van der Waals surface area contributed by atoms with Gasteiger partial charge in [0.15, 0.2) is 5.69 Å². The van der Waals surface area contributed by atoms with Crippen molar-refractivity contribution in [2.75, 3.05) is 13.1 Å². The number of aromatic nitrogens is 3. The molecule has 4 rings (SSSR count). The molecule has 6 nitrogen and oxygen atoms in total. The smallest absolute Gasteiger partial charge is 0.276 e. The molecule has 1 aromatic heterocycles. The van der Waals surface area contributed by atoms with Gasteiger partial charge in [0.25, 0.3) is 5.91 Å². The Kier molecular flexibility index (Phi) is 5.88. The third-order valence-corrected chi connectivity index (χ3v) is 4.83. The van der Waals surface area contributed by atoms with Crippen molar-refractivity contribution in [2.24, 2.45) is 5.73 Å². The van der Waals surface area contributed by atoms with Crippen LogP contribution in [0.2, 0.25) is 0 Å². The molecule has 1 aliphatic heterocycles. The summed E-state index contributed by atoms with van der Waals surface area (Å²) in [6, 6.07) is 20.0. The molecule has 0 unspecified atom stereocenters. The van der Waals surface area contributed by atoms with E-state index in [4.69, 9.17) is 5.73 Å². The van der Waals surface area contributed by atoms with Gasteiger partial charge in [0.05, 0.1) is 12.7 Å². The van der Waals surface area contributed by atoms with Crippen LogP contribution in [0.3, 0.4) is 0 Å². The SMILES string of the molecule is Cl.N[C@@H]1CN(C(=O)c2cn(Cc3ccccc3)nn2)C[C@H]1c1ccccc1. The fourth-order valence-electron chi connectivity index (χ4n) is 3.45. The molecule has 0 radical (unpaired) electrons. The van der Waals surface area contributed by atoms with Gasteiger partial charge in [-0.3, -0.25) is 4.79 Å². The van der Waals surface area contributed by atoms with Crippen LogP contribution < -0.4 is 5.73 Å². The van der Waals surface area contributed by atoms with Gasteiger partial charge >= 0.3 is 0 Å². The van der Waals surface area contributed by atoms with E-state index in [1.165, 1.54) is 5.56 Å². The summed E-state index contributed by atoms with van der Waals surface area (Å²) in [5.41, 5.74) is 8.94. The van der Waals surface area contributed by atoms with Crippen molar-refractivity contribution < 1.29 is 4.79 Å². The molecular formula is C20H22ClN5O. The predicted octanol–water partition coefficient (Wildman–Crippen LogP) is 2.32. The average Bonchev–Trinajstić information content (AvgIpc) is 3.29. The zero-order chi connectivity index (χ0) is 17.9. The molecule has 27 heavy (non-hydrogen) atoms. The lowest BCUT2D eigenvalue weighted by Gasteiger charge is -2.15. The van der Waals surface area contributed by atoms with Gasteiger partial charge in [0, 0.05) is 25.0 Å². The minimum absolute atomic E-state index is 0. The number of hydrogen-bond acceptors (Lipinski definition) is 4. The molecule has 2 atom stereocenters. The molecule has 0 bridgehead atoms. The number of nitrogens with zero attached hydrogens (tertiary/aromatic N) is 4. The number of halogens is 1. The van der Waals surface area contributed by atoms with Crippen LogP contribution >= 0.6 is 12.4 Å². The molecule has 2 aromatic carbocycles. The van der Waals surface area contributed by atoms with Crippen molar-refractivity contribution in [1.29, 1.82) is 0 Å². The Bertz CT molecular complexity index is 884. The Morgan fingerprint density at radius 1 is 1.04 bits per heavy atom. The van der Waals surface area contributed by atoms with Gasteiger partial charge in [-0.2, -0.15) is 0 Å². The molecule has 0 spiro atoms. The highest BCUT2D eigenvalue weighted by Gasteiger charge is 2.35. The Morgan fingerprint density at radius 2 is 1.70 bits per heavy atom. The monoisotopic (exact) mass is 383 g/mol. The fraction of sp³-hybridized carbons (Fsp3) is 0.250. The largest absolute Gasteiger partial charge is 0.335 e. The summed E-state index contributed by atoms with van der Waals surface area (Å²) >= 11 is 0. The maximum atomic E-state index is 12.8. The molecule has 1 aliphatic rings. The van der Waals surface area contributed by atoms with E-state index in [9.17, 15) is 4.79 Å². The minimum atomic E-state index is -0.113. The van der Waals surface area contributed by atoms with Crippen molar-refractivity contribution in [3.8, 4) is 0 Å². The first-order chi connectivity index (χ1) is 12.7. The summed E-state index contributed by atoms with van der Waals surface area (Å²) in [5.74, 6) is 0.0395. The summed E-state index contributed by atoms with van der Waals surface area (Å²) in [6.07, 6.45) is 1.71. The lowest BCUT2D eigenvalue weighted by atomic mass is 9.95. The van der Waals surface area contributed by atoms with Gasteiger partial charge in [-0.25, -0.2) is 4.68 Å². The maximum absolute atomic E-state index is 12.8. The molecule has 1 saturated heterocycles. The lowest BCUT2D eigenvalue weighted by Crippen LogP contribution is -2.32. The highest BCUT2D eigenvalue weighted by atomic mass is 35.5. The van der Waals surface area contributed by atoms with Gasteiger partial charge in [-0.05, 0) is 11.1 Å². The highest BCUT2D eigenvalue weighted by molar-refractivity contribution is 5.92. The van der Waals surface area contributed by atoms with Gasteiger partial charge < -0.3 is 10.6 Å². The summed E-state index contributed by atoms with van der Waals surface area (Å²) < 4.78 is 1.69. The number of hydrogen-bond donors (Lipinski definition) is 1. The van der Waals surface area contributed by atoms with E-state index in [0.717, 1.165) is 5.56 Å². The van der Waals surface area contributed by atoms with Crippen LogP contribution in [0.5, 0.6) is 0 Å².